The highest BCUT2D eigenvalue weighted by atomic mass is 79.9. The van der Waals surface area contributed by atoms with Crippen molar-refractivity contribution >= 4 is 43.5 Å². The van der Waals surface area contributed by atoms with Crippen molar-refractivity contribution in [1.29, 1.82) is 0 Å². The highest BCUT2D eigenvalue weighted by Crippen LogP contribution is 2.07. The second-order valence-corrected chi connectivity index (χ2v) is 3.37. The molecule has 0 rings (SSSR count). The van der Waals surface area contributed by atoms with E-state index in [-0.39, 0.29) is 0 Å². The van der Waals surface area contributed by atoms with Crippen LogP contribution in [0.1, 0.15) is 12.8 Å². The molecule has 0 bridgehead atoms. The number of alkyl halides is 3. The van der Waals surface area contributed by atoms with Crippen LogP contribution in [0.4, 0.5) is 0 Å². The monoisotopic (exact) mass is 292 g/mol. The number of ether oxygens (including phenoxy) is 1. The van der Waals surface area contributed by atoms with Crippen LogP contribution in [-0.2, 0) is 4.74 Å². The van der Waals surface area contributed by atoms with Gasteiger partial charge in [0.25, 0.3) is 0 Å². The number of hydrogen-bond acceptors (Lipinski definition) is 1. The van der Waals surface area contributed by atoms with Crippen LogP contribution in [0.25, 0.3) is 0 Å². The summed E-state index contributed by atoms with van der Waals surface area (Å²) in [5, 5.41) is 0.884. The average Bonchev–Trinajstić information content (AvgIpc) is 1.98. The van der Waals surface area contributed by atoms with E-state index < -0.39 is 0 Å². The Morgan fingerprint density at radius 1 is 1.40 bits per heavy atom. The van der Waals surface area contributed by atoms with Gasteiger partial charge in [0, 0.05) is 11.2 Å². The molecule has 1 unspecified atom stereocenters. The third-order valence-electron chi connectivity index (χ3n) is 1.13. The molecule has 0 spiro atoms. The smallest absolute Gasteiger partial charge is 0.102 e. The molecule has 1 atom stereocenters. The highest BCUT2D eigenvalue weighted by molar-refractivity contribution is 9.09. The Labute approximate surface area is 83.7 Å². The molecule has 62 valence electrons. The fourth-order valence-electron chi connectivity index (χ4n) is 0.599. The van der Waals surface area contributed by atoms with E-state index in [0.717, 1.165) is 24.1 Å². The van der Waals surface area contributed by atoms with E-state index in [0.29, 0.717) is 11.6 Å². The molecule has 0 aromatic rings. The predicted octanol–water partition coefficient (Wildman–Crippen LogP) is 3.14. The molecule has 0 aromatic heterocycles. The molecule has 0 N–H and O–H groups in total. The zero-order valence-electron chi connectivity index (χ0n) is 5.66. The number of halogens is 3. The van der Waals surface area contributed by atoms with Crippen molar-refractivity contribution in [3.8, 4) is 0 Å². The van der Waals surface area contributed by atoms with Crippen LogP contribution in [0.15, 0.2) is 0 Å². The minimum absolute atomic E-state index is 0.304. The fraction of sp³-hybridized carbons (Fsp3) is 1.00. The van der Waals surface area contributed by atoms with E-state index in [9.17, 15) is 0 Å². The molecule has 0 aliphatic carbocycles. The van der Waals surface area contributed by atoms with Crippen molar-refractivity contribution in [3.63, 3.8) is 0 Å². The van der Waals surface area contributed by atoms with Gasteiger partial charge in [-0.3, -0.25) is 0 Å². The van der Waals surface area contributed by atoms with Gasteiger partial charge >= 0.3 is 0 Å². The van der Waals surface area contributed by atoms with Crippen LogP contribution in [0.5, 0.6) is 0 Å². The van der Waals surface area contributed by atoms with Gasteiger partial charge in [0.1, 0.15) is 5.52 Å². The summed E-state index contributed by atoms with van der Waals surface area (Å²) in [4.78, 5) is 0. The van der Waals surface area contributed by atoms with Gasteiger partial charge in [-0.15, -0.1) is 11.6 Å². The molecule has 1 nitrogen and oxygen atoms in total. The zero-order chi connectivity index (χ0) is 7.82. The molecule has 10 heavy (non-hydrogen) atoms. The topological polar surface area (TPSA) is 9.23 Å². The molecule has 4 heteroatoms. The van der Waals surface area contributed by atoms with Gasteiger partial charge in [0.2, 0.25) is 0 Å². The Morgan fingerprint density at radius 3 is 2.50 bits per heavy atom. The third-order valence-corrected chi connectivity index (χ3v) is 2.38. The Kier molecular flexibility index (Phi) is 9.31. The molecule has 0 fully saturated rings. The first-order chi connectivity index (χ1) is 4.85. The van der Waals surface area contributed by atoms with E-state index in [1.165, 1.54) is 0 Å². The minimum atomic E-state index is 0.304. The molecule has 0 amide bonds. The van der Waals surface area contributed by atoms with Crippen LogP contribution >= 0.6 is 43.5 Å². The van der Waals surface area contributed by atoms with Crippen LogP contribution in [0.3, 0.4) is 0 Å². The van der Waals surface area contributed by atoms with Crippen molar-refractivity contribution < 1.29 is 4.74 Å². The summed E-state index contributed by atoms with van der Waals surface area (Å²) in [6, 6.07) is 0. The fourth-order valence-corrected chi connectivity index (χ4v) is 1.64. The first kappa shape index (κ1) is 11.2. The molecule has 0 saturated heterocycles. The van der Waals surface area contributed by atoms with Gasteiger partial charge in [-0.2, -0.15) is 0 Å². The predicted molar refractivity (Wildman–Crippen MR) is 52.4 cm³/mol. The molecule has 0 aromatic carbocycles. The lowest BCUT2D eigenvalue weighted by Gasteiger charge is -2.11. The molecule has 0 saturated carbocycles. The van der Waals surface area contributed by atoms with Crippen LogP contribution in [0.2, 0.25) is 0 Å². The summed E-state index contributed by atoms with van der Waals surface area (Å²) < 4.78 is 5.30. The van der Waals surface area contributed by atoms with Crippen molar-refractivity contribution in [1.82, 2.24) is 0 Å². The highest BCUT2D eigenvalue weighted by Gasteiger charge is 2.04. The Bertz CT molecular complexity index is 72.8. The first-order valence-corrected chi connectivity index (χ1v) is 5.92. The van der Waals surface area contributed by atoms with Crippen molar-refractivity contribution in [2.45, 2.75) is 18.9 Å². The lowest BCUT2D eigenvalue weighted by Crippen LogP contribution is -2.13. The van der Waals surface area contributed by atoms with Crippen molar-refractivity contribution in [2.75, 3.05) is 16.7 Å². The molecule has 0 aliphatic heterocycles. The zero-order valence-corrected chi connectivity index (χ0v) is 9.58. The van der Waals surface area contributed by atoms with Gasteiger partial charge in [0.15, 0.2) is 0 Å². The van der Waals surface area contributed by atoms with Gasteiger partial charge in [-0.1, -0.05) is 31.9 Å². The van der Waals surface area contributed by atoms with E-state index >= 15 is 0 Å². The number of hydrogen-bond donors (Lipinski definition) is 0. The Hall–Kier alpha value is 1.21. The summed E-state index contributed by atoms with van der Waals surface area (Å²) >= 11 is 12.1. The Balaban J connectivity index is 3.21. The summed E-state index contributed by atoms with van der Waals surface area (Å²) in [5.74, 6) is 0.717. The maximum atomic E-state index is 5.52. The second kappa shape index (κ2) is 8.31. The summed E-state index contributed by atoms with van der Waals surface area (Å²) in [7, 11) is 0. The minimum Gasteiger partial charge on any atom is -0.366 e. The van der Waals surface area contributed by atoms with Crippen LogP contribution < -0.4 is 0 Å². The Morgan fingerprint density at radius 2 is 2.10 bits per heavy atom. The normalized spacial score (nSPS) is 13.5. The maximum Gasteiger partial charge on any atom is 0.102 e. The molecular formula is C6H11Br2ClO. The molecule has 0 aliphatic rings. The van der Waals surface area contributed by atoms with Crippen LogP contribution in [0, 0.1) is 0 Å². The largest absolute Gasteiger partial charge is 0.366 e. The summed E-state index contributed by atoms with van der Waals surface area (Å²) in [5.41, 5.74) is 0.603. The lowest BCUT2D eigenvalue weighted by molar-refractivity contribution is 0.105. The third kappa shape index (κ3) is 5.96. The van der Waals surface area contributed by atoms with E-state index in [1.807, 2.05) is 0 Å². The maximum absolute atomic E-state index is 5.52. The SMILES string of the molecule is ClCCCC(CBr)OCBr. The van der Waals surface area contributed by atoms with Crippen LogP contribution in [-0.4, -0.2) is 22.8 Å². The van der Waals surface area contributed by atoms with Gasteiger partial charge in [-0.25, -0.2) is 0 Å². The molecule has 0 heterocycles. The second-order valence-electron chi connectivity index (χ2n) is 1.88. The van der Waals surface area contributed by atoms with Gasteiger partial charge in [0.05, 0.1) is 6.10 Å². The molecule has 0 radical (unpaired) electrons. The first-order valence-electron chi connectivity index (χ1n) is 3.14. The summed E-state index contributed by atoms with van der Waals surface area (Å²) in [6.45, 7) is 0. The van der Waals surface area contributed by atoms with Crippen molar-refractivity contribution in [2.24, 2.45) is 0 Å². The average molecular weight is 294 g/mol. The van der Waals surface area contributed by atoms with Crippen molar-refractivity contribution in [3.05, 3.63) is 0 Å². The standard InChI is InChI=1S/C6H11Br2ClO/c7-4-6(10-5-8)2-1-3-9/h6H,1-5H2. The van der Waals surface area contributed by atoms with E-state index in [2.05, 4.69) is 31.9 Å². The molecular weight excluding hydrogens is 283 g/mol. The van der Waals surface area contributed by atoms with Gasteiger partial charge in [-0.05, 0) is 12.8 Å². The number of rotatable bonds is 6. The quantitative estimate of drug-likeness (QED) is 0.684. The lowest BCUT2D eigenvalue weighted by atomic mass is 10.2. The van der Waals surface area contributed by atoms with E-state index in [1.54, 1.807) is 0 Å². The summed E-state index contributed by atoms with van der Waals surface area (Å²) in [6.07, 6.45) is 2.35. The van der Waals surface area contributed by atoms with Gasteiger partial charge < -0.3 is 4.74 Å². The van der Waals surface area contributed by atoms with E-state index in [4.69, 9.17) is 16.3 Å².